The van der Waals surface area contributed by atoms with Crippen LogP contribution < -0.4 is 4.74 Å². The summed E-state index contributed by atoms with van der Waals surface area (Å²) in [5.41, 5.74) is 2.73. The minimum atomic E-state index is -4.72. The zero-order valence-electron chi connectivity index (χ0n) is 14.7. The molecule has 0 spiro atoms. The van der Waals surface area contributed by atoms with E-state index >= 15 is 0 Å². The second-order valence-electron chi connectivity index (χ2n) is 5.75. The Morgan fingerprint density at radius 2 is 1.85 bits per heavy atom. The lowest BCUT2D eigenvalue weighted by Gasteiger charge is -2.09. The standard InChI is InChI=1S/C18H17F3N4O2/c1-3-26-11-12(2)10-17-23-22-16-9-8-15(24-25(16)17)13-4-6-14(7-5-13)27-18(19,20)21/h4-10H,3,11H2,1-2H3/b12-10-. The van der Waals surface area contributed by atoms with Crippen LogP contribution in [0.5, 0.6) is 5.75 Å². The summed E-state index contributed by atoms with van der Waals surface area (Å²) in [6.07, 6.45) is -2.89. The highest BCUT2D eigenvalue weighted by Gasteiger charge is 2.30. The molecule has 0 unspecified atom stereocenters. The maximum Gasteiger partial charge on any atom is 0.573 e. The Morgan fingerprint density at radius 1 is 1.11 bits per heavy atom. The Hall–Kier alpha value is -2.94. The van der Waals surface area contributed by atoms with E-state index in [0.717, 1.165) is 5.57 Å². The SMILES string of the molecule is CCOC/C(C)=C\c1nnc2ccc(-c3ccc(OC(F)(F)F)cc3)nn12. The van der Waals surface area contributed by atoms with Crippen molar-refractivity contribution in [1.82, 2.24) is 19.8 Å². The Morgan fingerprint density at radius 3 is 2.52 bits per heavy atom. The number of aromatic nitrogens is 4. The summed E-state index contributed by atoms with van der Waals surface area (Å²) in [4.78, 5) is 0. The summed E-state index contributed by atoms with van der Waals surface area (Å²) in [7, 11) is 0. The van der Waals surface area contributed by atoms with Gasteiger partial charge in [0.15, 0.2) is 11.5 Å². The van der Waals surface area contributed by atoms with Gasteiger partial charge in [-0.2, -0.15) is 9.61 Å². The van der Waals surface area contributed by atoms with Crippen LogP contribution in [0.25, 0.3) is 23.0 Å². The number of benzene rings is 1. The molecule has 0 atom stereocenters. The minimum absolute atomic E-state index is 0.285. The summed E-state index contributed by atoms with van der Waals surface area (Å²) < 4.78 is 47.6. The predicted octanol–water partition coefficient (Wildman–Crippen LogP) is 4.13. The van der Waals surface area contributed by atoms with Gasteiger partial charge in [0.1, 0.15) is 5.75 Å². The molecule has 0 saturated carbocycles. The molecule has 6 nitrogen and oxygen atoms in total. The van der Waals surface area contributed by atoms with E-state index in [-0.39, 0.29) is 5.75 Å². The van der Waals surface area contributed by atoms with Gasteiger partial charge in [-0.15, -0.1) is 23.4 Å². The van der Waals surface area contributed by atoms with Gasteiger partial charge in [0.05, 0.1) is 12.3 Å². The van der Waals surface area contributed by atoms with Gasteiger partial charge in [0, 0.05) is 12.2 Å². The zero-order chi connectivity index (χ0) is 19.4. The fourth-order valence-corrected chi connectivity index (χ4v) is 2.40. The monoisotopic (exact) mass is 378 g/mol. The molecule has 0 N–H and O–H groups in total. The van der Waals surface area contributed by atoms with Crippen LogP contribution in [0.15, 0.2) is 42.0 Å². The van der Waals surface area contributed by atoms with E-state index < -0.39 is 6.36 Å². The van der Waals surface area contributed by atoms with Crippen molar-refractivity contribution in [2.75, 3.05) is 13.2 Å². The van der Waals surface area contributed by atoms with E-state index in [2.05, 4.69) is 20.0 Å². The van der Waals surface area contributed by atoms with Gasteiger partial charge in [-0.05, 0) is 61.9 Å². The predicted molar refractivity (Wildman–Crippen MR) is 93.0 cm³/mol. The van der Waals surface area contributed by atoms with E-state index in [9.17, 15) is 13.2 Å². The van der Waals surface area contributed by atoms with Crippen molar-refractivity contribution in [3.05, 3.63) is 47.8 Å². The first-order valence-electron chi connectivity index (χ1n) is 8.19. The Bertz CT molecular complexity index is 949. The molecule has 142 valence electrons. The first-order chi connectivity index (χ1) is 12.9. The molecule has 3 rings (SSSR count). The van der Waals surface area contributed by atoms with E-state index in [1.807, 2.05) is 19.9 Å². The molecule has 0 saturated heterocycles. The van der Waals surface area contributed by atoms with Crippen molar-refractivity contribution < 1.29 is 22.6 Å². The number of rotatable bonds is 6. The molecule has 2 aromatic heterocycles. The molecule has 3 aromatic rings. The van der Waals surface area contributed by atoms with Crippen LogP contribution in [0.1, 0.15) is 19.7 Å². The average molecular weight is 378 g/mol. The van der Waals surface area contributed by atoms with Gasteiger partial charge in [0.25, 0.3) is 0 Å². The summed E-state index contributed by atoms with van der Waals surface area (Å²) in [5, 5.41) is 12.7. The topological polar surface area (TPSA) is 61.5 Å². The molecule has 0 aliphatic carbocycles. The van der Waals surface area contributed by atoms with Crippen LogP contribution in [-0.2, 0) is 4.74 Å². The van der Waals surface area contributed by atoms with Gasteiger partial charge in [0.2, 0.25) is 0 Å². The number of hydrogen-bond donors (Lipinski definition) is 0. The van der Waals surface area contributed by atoms with Gasteiger partial charge < -0.3 is 9.47 Å². The first kappa shape index (κ1) is 18.8. The second-order valence-corrected chi connectivity index (χ2v) is 5.75. The third kappa shape index (κ3) is 4.82. The summed E-state index contributed by atoms with van der Waals surface area (Å²) in [5.74, 6) is 0.257. The number of hydrogen-bond acceptors (Lipinski definition) is 5. The third-order valence-electron chi connectivity index (χ3n) is 3.58. The summed E-state index contributed by atoms with van der Waals surface area (Å²) in [6, 6.07) is 8.97. The van der Waals surface area contributed by atoms with Crippen molar-refractivity contribution in [3.8, 4) is 17.0 Å². The van der Waals surface area contributed by atoms with E-state index in [1.54, 1.807) is 16.6 Å². The van der Waals surface area contributed by atoms with Crippen molar-refractivity contribution in [2.24, 2.45) is 0 Å². The Labute approximate surface area is 153 Å². The van der Waals surface area contributed by atoms with Crippen LogP contribution in [0.3, 0.4) is 0 Å². The highest BCUT2D eigenvalue weighted by Crippen LogP contribution is 2.26. The molecule has 0 radical (unpaired) electrons. The number of fused-ring (bicyclic) bond motifs is 1. The molecule has 9 heteroatoms. The fourth-order valence-electron chi connectivity index (χ4n) is 2.40. The van der Waals surface area contributed by atoms with Crippen LogP contribution in [0.4, 0.5) is 13.2 Å². The lowest BCUT2D eigenvalue weighted by molar-refractivity contribution is -0.274. The average Bonchev–Trinajstić information content (AvgIpc) is 3.01. The van der Waals surface area contributed by atoms with Gasteiger partial charge in [-0.25, -0.2) is 0 Å². The van der Waals surface area contributed by atoms with Crippen LogP contribution in [-0.4, -0.2) is 39.4 Å². The number of halogens is 3. The third-order valence-corrected chi connectivity index (χ3v) is 3.58. The van der Waals surface area contributed by atoms with Gasteiger partial charge in [-0.3, -0.25) is 0 Å². The van der Waals surface area contributed by atoms with Crippen molar-refractivity contribution in [3.63, 3.8) is 0 Å². The van der Waals surface area contributed by atoms with E-state index in [1.165, 1.54) is 24.3 Å². The van der Waals surface area contributed by atoms with Crippen LogP contribution in [0.2, 0.25) is 0 Å². The molecule has 27 heavy (non-hydrogen) atoms. The number of ether oxygens (including phenoxy) is 2. The number of nitrogens with zero attached hydrogens (tertiary/aromatic N) is 4. The first-order valence-corrected chi connectivity index (χ1v) is 8.19. The van der Waals surface area contributed by atoms with Crippen LogP contribution >= 0.6 is 0 Å². The Balaban J connectivity index is 1.89. The maximum atomic E-state index is 12.3. The summed E-state index contributed by atoms with van der Waals surface area (Å²) >= 11 is 0. The minimum Gasteiger partial charge on any atom is -0.406 e. The molecule has 0 bridgehead atoms. The van der Waals surface area contributed by atoms with Gasteiger partial charge >= 0.3 is 6.36 Å². The molecule has 0 aliphatic rings. The molecule has 0 amide bonds. The largest absolute Gasteiger partial charge is 0.573 e. The highest BCUT2D eigenvalue weighted by atomic mass is 19.4. The normalized spacial score (nSPS) is 12.6. The molecule has 0 fully saturated rings. The molecule has 2 heterocycles. The van der Waals surface area contributed by atoms with Crippen molar-refractivity contribution >= 4 is 11.7 Å². The smallest absolute Gasteiger partial charge is 0.406 e. The molecule has 1 aromatic carbocycles. The van der Waals surface area contributed by atoms with Gasteiger partial charge in [-0.1, -0.05) is 0 Å². The number of alkyl halides is 3. The molecule has 0 aliphatic heterocycles. The Kier molecular flexibility index (Phi) is 5.41. The van der Waals surface area contributed by atoms with Crippen LogP contribution in [0, 0.1) is 0 Å². The molecular weight excluding hydrogens is 361 g/mol. The lowest BCUT2D eigenvalue weighted by atomic mass is 10.1. The fraction of sp³-hybridized carbons (Fsp3) is 0.278. The van der Waals surface area contributed by atoms with E-state index in [4.69, 9.17) is 4.74 Å². The van der Waals surface area contributed by atoms with E-state index in [0.29, 0.717) is 35.9 Å². The lowest BCUT2D eigenvalue weighted by Crippen LogP contribution is -2.16. The second kappa shape index (κ2) is 7.75. The maximum absolute atomic E-state index is 12.3. The zero-order valence-corrected chi connectivity index (χ0v) is 14.7. The molecular formula is C18H17F3N4O2. The van der Waals surface area contributed by atoms with Crippen molar-refractivity contribution in [2.45, 2.75) is 20.2 Å². The highest BCUT2D eigenvalue weighted by molar-refractivity contribution is 5.62. The van der Waals surface area contributed by atoms with Crippen molar-refractivity contribution in [1.29, 1.82) is 0 Å². The summed E-state index contributed by atoms with van der Waals surface area (Å²) in [6.45, 7) is 4.92. The quantitative estimate of drug-likeness (QED) is 0.645.